The molecule has 2 aliphatic heterocycles. The third kappa shape index (κ3) is 3.57. The van der Waals surface area contributed by atoms with E-state index in [-0.39, 0.29) is 10.6 Å². The van der Waals surface area contributed by atoms with Crippen LogP contribution in [0.1, 0.15) is 19.3 Å². The van der Waals surface area contributed by atoms with Gasteiger partial charge >= 0.3 is 5.97 Å². The molecule has 86 valence electrons. The van der Waals surface area contributed by atoms with Gasteiger partial charge in [-0.1, -0.05) is 0 Å². The van der Waals surface area contributed by atoms with Gasteiger partial charge in [0.15, 0.2) is 0 Å². The van der Waals surface area contributed by atoms with Crippen molar-refractivity contribution in [2.24, 2.45) is 0 Å². The second-order valence-corrected chi connectivity index (χ2v) is 6.39. The number of hydrogen-bond donors (Lipinski definition) is 0. The lowest BCUT2D eigenvalue weighted by Gasteiger charge is -2.11. The minimum absolute atomic E-state index is 0.0227. The van der Waals surface area contributed by atoms with E-state index in [2.05, 4.69) is 0 Å². The molecule has 0 amide bonds. The molecule has 2 aliphatic rings. The predicted octanol–water partition coefficient (Wildman–Crippen LogP) is 1.90. The molecular formula is C10H16O3S2. The van der Waals surface area contributed by atoms with E-state index in [1.165, 1.54) is 0 Å². The molecule has 2 heterocycles. The number of thioether (sulfide) groups is 2. The average molecular weight is 248 g/mol. The zero-order valence-electron chi connectivity index (χ0n) is 8.65. The number of rotatable bonds is 4. The highest BCUT2D eigenvalue weighted by Crippen LogP contribution is 2.32. The molecule has 1 unspecified atom stereocenters. The zero-order chi connectivity index (χ0) is 10.5. The van der Waals surface area contributed by atoms with Gasteiger partial charge in [-0.15, -0.1) is 23.5 Å². The minimum Gasteiger partial charge on any atom is -0.464 e. The lowest BCUT2D eigenvalue weighted by Crippen LogP contribution is -2.18. The molecule has 0 bridgehead atoms. The molecule has 2 fully saturated rings. The summed E-state index contributed by atoms with van der Waals surface area (Å²) in [6.45, 7) is 1.38. The van der Waals surface area contributed by atoms with Gasteiger partial charge in [0.1, 0.15) is 4.58 Å². The summed E-state index contributed by atoms with van der Waals surface area (Å²) < 4.78 is 10.7. The maximum Gasteiger partial charge on any atom is 0.329 e. The van der Waals surface area contributed by atoms with Crippen LogP contribution in [0, 0.1) is 0 Å². The van der Waals surface area contributed by atoms with Crippen molar-refractivity contribution < 1.29 is 14.3 Å². The SMILES string of the molecule is O=C(OCCC1CCCO1)C1SCCS1. The van der Waals surface area contributed by atoms with Crippen LogP contribution in [-0.2, 0) is 14.3 Å². The van der Waals surface area contributed by atoms with Crippen molar-refractivity contribution in [3.8, 4) is 0 Å². The van der Waals surface area contributed by atoms with Crippen LogP contribution in [0.3, 0.4) is 0 Å². The van der Waals surface area contributed by atoms with Gasteiger partial charge in [-0.2, -0.15) is 0 Å². The molecule has 15 heavy (non-hydrogen) atoms. The standard InChI is InChI=1S/C10H16O3S2/c11-9(10-14-6-7-15-10)13-5-3-8-2-1-4-12-8/h8,10H,1-7H2. The highest BCUT2D eigenvalue weighted by Gasteiger charge is 2.25. The normalized spacial score (nSPS) is 27.1. The van der Waals surface area contributed by atoms with Crippen LogP contribution in [0.15, 0.2) is 0 Å². The number of esters is 1. The molecule has 0 N–H and O–H groups in total. The van der Waals surface area contributed by atoms with Crippen LogP contribution < -0.4 is 0 Å². The van der Waals surface area contributed by atoms with Gasteiger partial charge in [-0.05, 0) is 12.8 Å². The fourth-order valence-corrected chi connectivity index (χ4v) is 4.29. The predicted molar refractivity (Wildman–Crippen MR) is 63.3 cm³/mol. The van der Waals surface area contributed by atoms with Crippen LogP contribution in [0.2, 0.25) is 0 Å². The fraction of sp³-hybridized carbons (Fsp3) is 0.900. The van der Waals surface area contributed by atoms with Crippen LogP contribution in [0.5, 0.6) is 0 Å². The summed E-state index contributed by atoms with van der Waals surface area (Å²) in [5.74, 6) is 2.08. The Balaban J connectivity index is 1.58. The summed E-state index contributed by atoms with van der Waals surface area (Å²) >= 11 is 3.38. The summed E-state index contributed by atoms with van der Waals surface area (Å²) in [7, 11) is 0. The molecule has 0 spiro atoms. The molecule has 0 aliphatic carbocycles. The zero-order valence-corrected chi connectivity index (χ0v) is 10.3. The highest BCUT2D eigenvalue weighted by atomic mass is 32.2. The van der Waals surface area contributed by atoms with Gasteiger partial charge in [0.05, 0.1) is 12.7 Å². The van der Waals surface area contributed by atoms with Crippen molar-refractivity contribution >= 4 is 29.5 Å². The summed E-state index contributed by atoms with van der Waals surface area (Å²) in [5, 5.41) is 0. The molecule has 5 heteroatoms. The van der Waals surface area contributed by atoms with Gasteiger partial charge in [0, 0.05) is 24.5 Å². The molecule has 3 nitrogen and oxygen atoms in total. The van der Waals surface area contributed by atoms with Crippen molar-refractivity contribution in [3.63, 3.8) is 0 Å². The van der Waals surface area contributed by atoms with Gasteiger partial charge in [-0.25, -0.2) is 4.79 Å². The highest BCUT2D eigenvalue weighted by molar-refractivity contribution is 8.21. The van der Waals surface area contributed by atoms with Crippen molar-refractivity contribution in [1.29, 1.82) is 0 Å². The smallest absolute Gasteiger partial charge is 0.329 e. The first-order valence-corrected chi connectivity index (χ1v) is 7.47. The lowest BCUT2D eigenvalue weighted by atomic mass is 10.2. The van der Waals surface area contributed by atoms with Crippen LogP contribution in [-0.4, -0.2) is 41.4 Å². The van der Waals surface area contributed by atoms with Crippen molar-refractivity contribution in [2.45, 2.75) is 29.9 Å². The topological polar surface area (TPSA) is 35.5 Å². The molecule has 0 aromatic rings. The van der Waals surface area contributed by atoms with E-state index in [4.69, 9.17) is 9.47 Å². The Morgan fingerprint density at radius 1 is 1.40 bits per heavy atom. The number of hydrogen-bond acceptors (Lipinski definition) is 5. The van der Waals surface area contributed by atoms with Crippen molar-refractivity contribution in [3.05, 3.63) is 0 Å². The summed E-state index contributed by atoms with van der Waals surface area (Å²) in [4.78, 5) is 11.5. The van der Waals surface area contributed by atoms with E-state index in [0.29, 0.717) is 12.7 Å². The molecule has 2 saturated heterocycles. The average Bonchev–Trinajstić information content (AvgIpc) is 2.90. The third-order valence-corrected chi connectivity index (χ3v) is 5.47. The molecule has 1 atom stereocenters. The Hall–Kier alpha value is 0.130. The molecule has 0 aromatic heterocycles. The molecular weight excluding hydrogens is 232 g/mol. The number of carbonyl (C=O) groups excluding carboxylic acids is 1. The monoisotopic (exact) mass is 248 g/mol. The van der Waals surface area contributed by atoms with Crippen LogP contribution in [0.25, 0.3) is 0 Å². The van der Waals surface area contributed by atoms with Gasteiger partial charge in [0.2, 0.25) is 0 Å². The van der Waals surface area contributed by atoms with E-state index in [9.17, 15) is 4.79 Å². The Bertz CT molecular complexity index is 211. The first-order chi connectivity index (χ1) is 7.36. The Kier molecular flexibility index (Phi) is 4.65. The first-order valence-electron chi connectivity index (χ1n) is 5.38. The van der Waals surface area contributed by atoms with Crippen molar-refractivity contribution in [2.75, 3.05) is 24.7 Å². The third-order valence-electron chi connectivity index (χ3n) is 2.52. The molecule has 0 aromatic carbocycles. The second kappa shape index (κ2) is 6.01. The summed E-state index contributed by atoms with van der Waals surface area (Å²) in [6, 6.07) is 0. The molecule has 0 radical (unpaired) electrons. The van der Waals surface area contributed by atoms with Crippen molar-refractivity contribution in [1.82, 2.24) is 0 Å². The summed E-state index contributed by atoms with van der Waals surface area (Å²) in [5.41, 5.74) is 0. The Labute approximate surface area is 98.6 Å². The fourth-order valence-electron chi connectivity index (χ4n) is 1.73. The molecule has 0 saturated carbocycles. The number of carbonyl (C=O) groups is 1. The first kappa shape index (κ1) is 11.6. The van der Waals surface area contributed by atoms with Crippen LogP contribution >= 0.6 is 23.5 Å². The quantitative estimate of drug-likeness (QED) is 0.710. The summed E-state index contributed by atoms with van der Waals surface area (Å²) in [6.07, 6.45) is 3.44. The Morgan fingerprint density at radius 2 is 2.20 bits per heavy atom. The largest absolute Gasteiger partial charge is 0.464 e. The van der Waals surface area contributed by atoms with E-state index >= 15 is 0 Å². The minimum atomic E-state index is -0.0551. The Morgan fingerprint density at radius 3 is 2.87 bits per heavy atom. The van der Waals surface area contributed by atoms with E-state index in [0.717, 1.165) is 37.4 Å². The molecule has 2 rings (SSSR count). The maximum atomic E-state index is 11.5. The van der Waals surface area contributed by atoms with Crippen LogP contribution in [0.4, 0.5) is 0 Å². The van der Waals surface area contributed by atoms with E-state index < -0.39 is 0 Å². The van der Waals surface area contributed by atoms with E-state index in [1.807, 2.05) is 0 Å². The van der Waals surface area contributed by atoms with Gasteiger partial charge < -0.3 is 9.47 Å². The van der Waals surface area contributed by atoms with Gasteiger partial charge in [-0.3, -0.25) is 0 Å². The number of ether oxygens (including phenoxy) is 2. The second-order valence-electron chi connectivity index (χ2n) is 3.66. The van der Waals surface area contributed by atoms with E-state index in [1.54, 1.807) is 23.5 Å². The maximum absolute atomic E-state index is 11.5. The van der Waals surface area contributed by atoms with Gasteiger partial charge in [0.25, 0.3) is 0 Å². The lowest BCUT2D eigenvalue weighted by molar-refractivity contribution is -0.141.